The molecular formula is C16H28N4. The Kier molecular flexibility index (Phi) is 5.38. The summed E-state index contributed by atoms with van der Waals surface area (Å²) in [5, 5.41) is 3.29. The van der Waals surface area contributed by atoms with Gasteiger partial charge in [-0.15, -0.1) is 0 Å². The zero-order valence-corrected chi connectivity index (χ0v) is 13.3. The third kappa shape index (κ3) is 3.49. The van der Waals surface area contributed by atoms with Gasteiger partial charge in [-0.25, -0.2) is 4.98 Å². The summed E-state index contributed by atoms with van der Waals surface area (Å²) in [5.74, 6) is 1.10. The summed E-state index contributed by atoms with van der Waals surface area (Å²) in [5.41, 5.74) is 1.30. The number of anilines is 1. The van der Waals surface area contributed by atoms with Crippen molar-refractivity contribution in [3.8, 4) is 0 Å². The van der Waals surface area contributed by atoms with E-state index in [9.17, 15) is 0 Å². The Hall–Kier alpha value is -1.13. The molecule has 0 radical (unpaired) electrons. The van der Waals surface area contributed by atoms with Gasteiger partial charge in [0.05, 0.1) is 0 Å². The Morgan fingerprint density at radius 1 is 1.45 bits per heavy atom. The lowest BCUT2D eigenvalue weighted by atomic mass is 10.0. The fraction of sp³-hybridized carbons (Fsp3) is 0.688. The number of likely N-dealkylation sites (tertiary alicyclic amines) is 1. The number of nitrogens with zero attached hydrogens (tertiary/aromatic N) is 3. The molecule has 1 aliphatic rings. The molecule has 4 heteroatoms. The van der Waals surface area contributed by atoms with Crippen LogP contribution in [0, 0.1) is 0 Å². The van der Waals surface area contributed by atoms with Gasteiger partial charge in [0.15, 0.2) is 0 Å². The van der Waals surface area contributed by atoms with Crippen molar-refractivity contribution in [1.29, 1.82) is 0 Å². The minimum atomic E-state index is 0.368. The molecule has 2 rings (SSSR count). The molecule has 1 aliphatic heterocycles. The first-order valence-corrected chi connectivity index (χ1v) is 7.74. The maximum Gasteiger partial charge on any atom is 0.128 e. The van der Waals surface area contributed by atoms with Crippen LogP contribution in [0.25, 0.3) is 0 Å². The Labute approximate surface area is 123 Å². The van der Waals surface area contributed by atoms with Crippen LogP contribution in [0.4, 0.5) is 5.82 Å². The van der Waals surface area contributed by atoms with Crippen molar-refractivity contribution in [2.24, 2.45) is 0 Å². The maximum absolute atomic E-state index is 4.55. The Balaban J connectivity index is 2.04. The Morgan fingerprint density at radius 3 is 2.75 bits per heavy atom. The predicted octanol–water partition coefficient (Wildman–Crippen LogP) is 2.28. The molecule has 112 valence electrons. The topological polar surface area (TPSA) is 31.4 Å². The van der Waals surface area contributed by atoms with Crippen molar-refractivity contribution < 1.29 is 0 Å². The van der Waals surface area contributed by atoms with E-state index in [0.717, 1.165) is 5.82 Å². The van der Waals surface area contributed by atoms with Crippen molar-refractivity contribution in [2.45, 2.75) is 38.8 Å². The summed E-state index contributed by atoms with van der Waals surface area (Å²) in [6, 6.07) is 5.29. The summed E-state index contributed by atoms with van der Waals surface area (Å²) in [6.45, 7) is 8.01. The molecule has 0 bridgehead atoms. The molecule has 1 N–H and O–H groups in total. The van der Waals surface area contributed by atoms with E-state index in [2.05, 4.69) is 53.1 Å². The molecule has 0 saturated carbocycles. The highest BCUT2D eigenvalue weighted by molar-refractivity contribution is 5.42. The van der Waals surface area contributed by atoms with E-state index in [1.165, 1.54) is 38.0 Å². The smallest absolute Gasteiger partial charge is 0.128 e. The van der Waals surface area contributed by atoms with Crippen molar-refractivity contribution >= 4 is 5.82 Å². The van der Waals surface area contributed by atoms with Gasteiger partial charge in [0.1, 0.15) is 5.82 Å². The molecule has 0 aliphatic carbocycles. The molecule has 1 aromatic heterocycles. The van der Waals surface area contributed by atoms with Gasteiger partial charge < -0.3 is 15.1 Å². The van der Waals surface area contributed by atoms with Gasteiger partial charge in [0.25, 0.3) is 0 Å². The third-order valence-electron chi connectivity index (χ3n) is 4.62. The average molecular weight is 276 g/mol. The molecule has 0 aromatic carbocycles. The van der Waals surface area contributed by atoms with E-state index in [0.29, 0.717) is 12.1 Å². The second kappa shape index (κ2) is 7.04. The fourth-order valence-corrected chi connectivity index (χ4v) is 2.87. The molecule has 0 amide bonds. The standard InChI is InChI=1S/C16H28N4/c1-5-20-10-7-15(8-11-20)19(4)16-12-14(6-9-18-16)13(2)17-3/h6,9,12-13,15,17H,5,7-8,10-11H2,1-4H3. The van der Waals surface area contributed by atoms with Gasteiger partial charge in [0, 0.05) is 38.4 Å². The van der Waals surface area contributed by atoms with E-state index >= 15 is 0 Å². The molecule has 0 spiro atoms. The minimum absolute atomic E-state index is 0.368. The molecule has 20 heavy (non-hydrogen) atoms. The molecule has 1 unspecified atom stereocenters. The number of hydrogen-bond acceptors (Lipinski definition) is 4. The average Bonchev–Trinajstić information content (AvgIpc) is 2.53. The van der Waals surface area contributed by atoms with Crippen molar-refractivity contribution in [2.75, 3.05) is 38.6 Å². The highest BCUT2D eigenvalue weighted by atomic mass is 15.2. The lowest BCUT2D eigenvalue weighted by Crippen LogP contribution is -2.43. The number of nitrogens with one attached hydrogen (secondary N) is 1. The van der Waals surface area contributed by atoms with Crippen LogP contribution < -0.4 is 10.2 Å². The van der Waals surface area contributed by atoms with Crippen LogP contribution in [-0.4, -0.2) is 49.7 Å². The summed E-state index contributed by atoms with van der Waals surface area (Å²) in [4.78, 5) is 9.44. The summed E-state index contributed by atoms with van der Waals surface area (Å²) < 4.78 is 0. The summed E-state index contributed by atoms with van der Waals surface area (Å²) >= 11 is 0. The second-order valence-electron chi connectivity index (χ2n) is 5.73. The van der Waals surface area contributed by atoms with Gasteiger partial charge >= 0.3 is 0 Å². The van der Waals surface area contributed by atoms with Crippen LogP contribution in [0.2, 0.25) is 0 Å². The fourth-order valence-electron chi connectivity index (χ4n) is 2.87. The Bertz CT molecular complexity index is 413. The third-order valence-corrected chi connectivity index (χ3v) is 4.62. The Morgan fingerprint density at radius 2 is 2.15 bits per heavy atom. The first-order valence-electron chi connectivity index (χ1n) is 7.74. The van der Waals surface area contributed by atoms with Crippen LogP contribution in [0.1, 0.15) is 38.3 Å². The van der Waals surface area contributed by atoms with Gasteiger partial charge in [-0.1, -0.05) is 6.92 Å². The van der Waals surface area contributed by atoms with Gasteiger partial charge in [-0.3, -0.25) is 0 Å². The van der Waals surface area contributed by atoms with Crippen molar-refractivity contribution in [1.82, 2.24) is 15.2 Å². The van der Waals surface area contributed by atoms with Crippen molar-refractivity contribution in [3.63, 3.8) is 0 Å². The van der Waals surface area contributed by atoms with E-state index in [4.69, 9.17) is 0 Å². The maximum atomic E-state index is 4.55. The monoisotopic (exact) mass is 276 g/mol. The second-order valence-corrected chi connectivity index (χ2v) is 5.73. The zero-order chi connectivity index (χ0) is 14.5. The number of piperidine rings is 1. The molecule has 1 saturated heterocycles. The van der Waals surface area contributed by atoms with Crippen molar-refractivity contribution in [3.05, 3.63) is 23.9 Å². The van der Waals surface area contributed by atoms with E-state index in [1.54, 1.807) is 0 Å². The van der Waals surface area contributed by atoms with Crippen LogP contribution in [0.15, 0.2) is 18.3 Å². The SMILES string of the molecule is CCN1CCC(N(C)c2cc(C(C)NC)ccn2)CC1. The quantitative estimate of drug-likeness (QED) is 0.894. The minimum Gasteiger partial charge on any atom is -0.357 e. The number of hydrogen-bond donors (Lipinski definition) is 1. The zero-order valence-electron chi connectivity index (χ0n) is 13.3. The lowest BCUT2D eigenvalue weighted by molar-refractivity contribution is 0.220. The number of aromatic nitrogens is 1. The van der Waals surface area contributed by atoms with Crippen LogP contribution in [0.3, 0.4) is 0 Å². The first-order chi connectivity index (χ1) is 9.65. The van der Waals surface area contributed by atoms with E-state index in [-0.39, 0.29) is 0 Å². The van der Waals surface area contributed by atoms with E-state index in [1.807, 2.05) is 13.2 Å². The van der Waals surface area contributed by atoms with Gasteiger partial charge in [-0.2, -0.15) is 0 Å². The normalized spacial score (nSPS) is 19.0. The molecule has 1 fully saturated rings. The number of pyridine rings is 1. The molecule has 2 heterocycles. The van der Waals surface area contributed by atoms with Crippen LogP contribution in [-0.2, 0) is 0 Å². The highest BCUT2D eigenvalue weighted by Gasteiger charge is 2.22. The molecule has 1 aromatic rings. The number of rotatable bonds is 5. The predicted molar refractivity (Wildman–Crippen MR) is 85.3 cm³/mol. The van der Waals surface area contributed by atoms with Gasteiger partial charge in [-0.05, 0) is 51.1 Å². The highest BCUT2D eigenvalue weighted by Crippen LogP contribution is 2.22. The first kappa shape index (κ1) is 15.3. The lowest BCUT2D eigenvalue weighted by Gasteiger charge is -2.37. The van der Waals surface area contributed by atoms with E-state index < -0.39 is 0 Å². The summed E-state index contributed by atoms with van der Waals surface area (Å²) in [7, 11) is 4.18. The van der Waals surface area contributed by atoms with Crippen LogP contribution in [0.5, 0.6) is 0 Å². The molecule has 1 atom stereocenters. The van der Waals surface area contributed by atoms with Crippen LogP contribution >= 0.6 is 0 Å². The largest absolute Gasteiger partial charge is 0.357 e. The summed E-state index contributed by atoms with van der Waals surface area (Å²) in [6.07, 6.45) is 4.39. The van der Waals surface area contributed by atoms with Gasteiger partial charge in [0.2, 0.25) is 0 Å². The molecule has 4 nitrogen and oxygen atoms in total. The molecular weight excluding hydrogens is 248 g/mol.